The Morgan fingerprint density at radius 3 is 2.44 bits per heavy atom. The first kappa shape index (κ1) is 21.0. The summed E-state index contributed by atoms with van der Waals surface area (Å²) < 4.78 is 6.59. The van der Waals surface area contributed by atoms with Gasteiger partial charge in [-0.15, -0.1) is 0 Å². The van der Waals surface area contributed by atoms with Crippen molar-refractivity contribution in [3.05, 3.63) is 58.6 Å². The number of rotatable bonds is 8. The number of hydrogen-bond donors (Lipinski definition) is 2. The van der Waals surface area contributed by atoms with Crippen LogP contribution in [0, 0.1) is 5.92 Å². The second kappa shape index (κ2) is 10.1. The highest BCUT2D eigenvalue weighted by Gasteiger charge is 2.14. The summed E-state index contributed by atoms with van der Waals surface area (Å²) in [6, 6.07) is 14.8. The van der Waals surface area contributed by atoms with Gasteiger partial charge in [-0.3, -0.25) is 9.59 Å². The van der Waals surface area contributed by atoms with Gasteiger partial charge in [-0.1, -0.05) is 41.9 Å². The molecular formula is C21H25BrN2O3. The quantitative estimate of drug-likeness (QED) is 0.644. The van der Waals surface area contributed by atoms with Gasteiger partial charge < -0.3 is 15.4 Å². The molecule has 0 heterocycles. The van der Waals surface area contributed by atoms with Crippen LogP contribution in [0.5, 0.6) is 5.75 Å². The molecule has 0 saturated carbocycles. The number of amides is 2. The zero-order valence-corrected chi connectivity index (χ0v) is 17.4. The van der Waals surface area contributed by atoms with E-state index < -0.39 is 6.10 Å². The number of hydrogen-bond acceptors (Lipinski definition) is 3. The Bertz CT molecular complexity index is 775. The molecule has 0 bridgehead atoms. The van der Waals surface area contributed by atoms with Crippen LogP contribution in [0.2, 0.25) is 0 Å². The van der Waals surface area contributed by atoms with Crippen LogP contribution < -0.4 is 15.4 Å². The van der Waals surface area contributed by atoms with Crippen LogP contribution in [-0.4, -0.2) is 17.9 Å². The van der Waals surface area contributed by atoms with Crippen LogP contribution in [-0.2, 0) is 16.1 Å². The minimum atomic E-state index is -0.611. The lowest BCUT2D eigenvalue weighted by molar-refractivity contribution is -0.127. The lowest BCUT2D eigenvalue weighted by Gasteiger charge is -2.15. The number of anilines is 1. The summed E-state index contributed by atoms with van der Waals surface area (Å²) in [5.74, 6) is 0.727. The maximum absolute atomic E-state index is 12.3. The topological polar surface area (TPSA) is 67.4 Å². The van der Waals surface area contributed by atoms with Crippen LogP contribution in [0.15, 0.2) is 53.0 Å². The highest BCUT2D eigenvalue weighted by molar-refractivity contribution is 9.10. The van der Waals surface area contributed by atoms with Crippen LogP contribution in [0.4, 0.5) is 5.69 Å². The standard InChI is InChI=1S/C21H25BrN2O3/c1-14(2)11-20(25)24-18-6-4-5-16(12-18)13-23-21(26)15(3)27-19-9-7-17(22)8-10-19/h4-10,12,14-15H,11,13H2,1-3H3,(H,23,26)(H,24,25). The lowest BCUT2D eigenvalue weighted by atomic mass is 10.1. The first-order valence-electron chi connectivity index (χ1n) is 8.92. The molecule has 6 heteroatoms. The smallest absolute Gasteiger partial charge is 0.261 e. The Balaban J connectivity index is 1.86. The molecule has 144 valence electrons. The molecule has 0 aliphatic heterocycles. The van der Waals surface area contributed by atoms with Crippen molar-refractivity contribution in [2.75, 3.05) is 5.32 Å². The average Bonchev–Trinajstić information content (AvgIpc) is 2.61. The average molecular weight is 433 g/mol. The van der Waals surface area contributed by atoms with E-state index in [-0.39, 0.29) is 11.8 Å². The third-order valence-electron chi connectivity index (χ3n) is 3.77. The fourth-order valence-corrected chi connectivity index (χ4v) is 2.71. The number of carbonyl (C=O) groups is 2. The molecule has 0 saturated heterocycles. The zero-order chi connectivity index (χ0) is 19.8. The Labute approximate surface area is 168 Å². The Hall–Kier alpha value is -2.34. The van der Waals surface area contributed by atoms with Crippen LogP contribution in [0.3, 0.4) is 0 Å². The minimum Gasteiger partial charge on any atom is -0.481 e. The van der Waals surface area contributed by atoms with Crippen LogP contribution in [0.1, 0.15) is 32.8 Å². The van der Waals surface area contributed by atoms with Gasteiger partial charge in [-0.05, 0) is 54.8 Å². The molecule has 2 aromatic rings. The number of nitrogens with one attached hydrogen (secondary N) is 2. The van der Waals surface area contributed by atoms with Crippen molar-refractivity contribution in [3.8, 4) is 5.75 Å². The molecular weight excluding hydrogens is 408 g/mol. The van der Waals surface area contributed by atoms with Crippen LogP contribution >= 0.6 is 15.9 Å². The van der Waals surface area contributed by atoms with Gasteiger partial charge in [0, 0.05) is 23.1 Å². The van der Waals surface area contributed by atoms with E-state index in [1.807, 2.05) is 50.2 Å². The number of ether oxygens (including phenoxy) is 1. The fraction of sp³-hybridized carbons (Fsp3) is 0.333. The maximum Gasteiger partial charge on any atom is 0.261 e. The summed E-state index contributed by atoms with van der Waals surface area (Å²) in [6.45, 7) is 6.08. The molecule has 1 unspecified atom stereocenters. The van der Waals surface area contributed by atoms with E-state index in [1.54, 1.807) is 19.1 Å². The van der Waals surface area contributed by atoms with Crippen molar-refractivity contribution < 1.29 is 14.3 Å². The highest BCUT2D eigenvalue weighted by atomic mass is 79.9. The second-order valence-corrected chi connectivity index (χ2v) is 7.69. The first-order valence-corrected chi connectivity index (χ1v) is 9.71. The second-order valence-electron chi connectivity index (χ2n) is 6.78. The largest absolute Gasteiger partial charge is 0.481 e. The maximum atomic E-state index is 12.3. The van der Waals surface area contributed by atoms with E-state index in [1.165, 1.54) is 0 Å². The van der Waals surface area contributed by atoms with Crippen molar-refractivity contribution in [3.63, 3.8) is 0 Å². The molecule has 0 fully saturated rings. The Morgan fingerprint density at radius 1 is 1.07 bits per heavy atom. The van der Waals surface area contributed by atoms with Gasteiger partial charge in [-0.25, -0.2) is 0 Å². The summed E-state index contributed by atoms with van der Waals surface area (Å²) in [4.78, 5) is 24.1. The van der Waals surface area contributed by atoms with E-state index in [0.29, 0.717) is 24.6 Å². The summed E-state index contributed by atoms with van der Waals surface area (Å²) in [7, 11) is 0. The summed E-state index contributed by atoms with van der Waals surface area (Å²) in [5, 5.41) is 5.74. The predicted octanol–water partition coefficient (Wildman–Crippen LogP) is 4.52. The molecule has 0 aliphatic carbocycles. The monoisotopic (exact) mass is 432 g/mol. The van der Waals surface area contributed by atoms with Gasteiger partial charge >= 0.3 is 0 Å². The normalized spacial score (nSPS) is 11.7. The van der Waals surface area contributed by atoms with Gasteiger partial charge in [-0.2, -0.15) is 0 Å². The fourth-order valence-electron chi connectivity index (χ4n) is 2.45. The van der Waals surface area contributed by atoms with Gasteiger partial charge in [0.1, 0.15) is 5.75 Å². The molecule has 2 amide bonds. The first-order chi connectivity index (χ1) is 12.8. The third-order valence-corrected chi connectivity index (χ3v) is 4.30. The molecule has 27 heavy (non-hydrogen) atoms. The molecule has 0 aliphatic rings. The highest BCUT2D eigenvalue weighted by Crippen LogP contribution is 2.17. The third kappa shape index (κ3) is 7.43. The van der Waals surface area contributed by atoms with Gasteiger partial charge in [0.25, 0.3) is 5.91 Å². The van der Waals surface area contributed by atoms with Gasteiger partial charge in [0.05, 0.1) is 0 Å². The molecule has 2 aromatic carbocycles. The van der Waals surface area contributed by atoms with Crippen molar-refractivity contribution >= 4 is 33.4 Å². The van der Waals surface area contributed by atoms with E-state index in [2.05, 4.69) is 26.6 Å². The van der Waals surface area contributed by atoms with Gasteiger partial charge in [0.2, 0.25) is 5.91 Å². The molecule has 2 rings (SSSR count). The predicted molar refractivity (Wildman–Crippen MR) is 111 cm³/mol. The van der Waals surface area contributed by atoms with Crippen molar-refractivity contribution in [2.45, 2.75) is 39.8 Å². The SMILES string of the molecule is CC(C)CC(=O)Nc1cccc(CNC(=O)C(C)Oc2ccc(Br)cc2)c1. The molecule has 0 radical (unpaired) electrons. The van der Waals surface area contributed by atoms with E-state index in [9.17, 15) is 9.59 Å². The summed E-state index contributed by atoms with van der Waals surface area (Å²) >= 11 is 3.36. The van der Waals surface area contributed by atoms with E-state index in [4.69, 9.17) is 4.74 Å². The molecule has 1 atom stereocenters. The number of halogens is 1. The van der Waals surface area contributed by atoms with Crippen LogP contribution in [0.25, 0.3) is 0 Å². The summed E-state index contributed by atoms with van der Waals surface area (Å²) in [6.07, 6.45) is -0.133. The van der Waals surface area contributed by atoms with Crippen molar-refractivity contribution in [1.82, 2.24) is 5.32 Å². The van der Waals surface area contributed by atoms with E-state index in [0.717, 1.165) is 15.7 Å². The molecule has 5 nitrogen and oxygen atoms in total. The number of carbonyl (C=O) groups excluding carboxylic acids is 2. The molecule has 2 N–H and O–H groups in total. The molecule has 0 aromatic heterocycles. The summed E-state index contributed by atoms with van der Waals surface area (Å²) in [5.41, 5.74) is 1.63. The van der Waals surface area contributed by atoms with E-state index >= 15 is 0 Å². The Kier molecular flexibility index (Phi) is 7.85. The minimum absolute atomic E-state index is 0.0114. The zero-order valence-electron chi connectivity index (χ0n) is 15.8. The van der Waals surface area contributed by atoms with Crippen molar-refractivity contribution in [1.29, 1.82) is 0 Å². The van der Waals surface area contributed by atoms with Crippen molar-refractivity contribution in [2.24, 2.45) is 5.92 Å². The Morgan fingerprint density at radius 2 is 1.78 bits per heavy atom. The number of benzene rings is 2. The molecule has 0 spiro atoms. The van der Waals surface area contributed by atoms with Gasteiger partial charge in [0.15, 0.2) is 6.10 Å². The lowest BCUT2D eigenvalue weighted by Crippen LogP contribution is -2.35.